The number of benzene rings is 3. The van der Waals surface area contributed by atoms with Gasteiger partial charge in [-0.25, -0.2) is 4.98 Å². The van der Waals surface area contributed by atoms with Crippen molar-refractivity contribution in [3.05, 3.63) is 89.7 Å². The minimum Gasteiger partial charge on any atom is -0.493 e. The maximum atomic E-state index is 6.13. The fraction of sp³-hybridized carbons (Fsp3) is 0.296. The third-order valence-electron chi connectivity index (χ3n) is 5.51. The van der Waals surface area contributed by atoms with Crippen LogP contribution in [-0.2, 0) is 13.2 Å². The molecule has 0 aliphatic rings. The van der Waals surface area contributed by atoms with Gasteiger partial charge in [0.05, 0.1) is 17.6 Å². The summed E-state index contributed by atoms with van der Waals surface area (Å²) in [5, 5.41) is 0. The molecule has 1 heterocycles. The van der Waals surface area contributed by atoms with Crippen LogP contribution in [0.25, 0.3) is 11.0 Å². The largest absolute Gasteiger partial charge is 0.493 e. The van der Waals surface area contributed by atoms with E-state index in [2.05, 4.69) is 67.8 Å². The predicted molar refractivity (Wildman–Crippen MR) is 126 cm³/mol. The summed E-state index contributed by atoms with van der Waals surface area (Å²) in [4.78, 5) is 4.83. The van der Waals surface area contributed by atoms with Crippen molar-refractivity contribution in [3.8, 4) is 11.5 Å². The first-order chi connectivity index (χ1) is 15.1. The highest BCUT2D eigenvalue weighted by Crippen LogP contribution is 2.26. The quantitative estimate of drug-likeness (QED) is 0.293. The number of ether oxygens (including phenoxy) is 2. The molecule has 4 nitrogen and oxygen atoms in total. The summed E-state index contributed by atoms with van der Waals surface area (Å²) >= 11 is 0. The minimum absolute atomic E-state index is 0.441. The van der Waals surface area contributed by atoms with Gasteiger partial charge < -0.3 is 14.0 Å². The Bertz CT molecular complexity index is 1150. The van der Waals surface area contributed by atoms with Gasteiger partial charge in [0.15, 0.2) is 0 Å². The van der Waals surface area contributed by atoms with Crippen molar-refractivity contribution >= 4 is 11.0 Å². The molecule has 0 amide bonds. The summed E-state index contributed by atoms with van der Waals surface area (Å²) < 4.78 is 14.5. The SMILES string of the molecule is Cc1ccccc1OCc1nc2ccccc2n1CCCOc1ccccc1C(C)C. The van der Waals surface area contributed by atoms with Crippen molar-refractivity contribution in [1.82, 2.24) is 9.55 Å². The number of nitrogens with zero attached hydrogens (tertiary/aromatic N) is 2. The van der Waals surface area contributed by atoms with E-state index in [1.807, 2.05) is 30.3 Å². The van der Waals surface area contributed by atoms with Crippen LogP contribution in [-0.4, -0.2) is 16.2 Å². The molecule has 0 saturated carbocycles. The Balaban J connectivity index is 1.45. The number of imidazole rings is 1. The average molecular weight is 415 g/mol. The third-order valence-corrected chi connectivity index (χ3v) is 5.51. The van der Waals surface area contributed by atoms with E-state index < -0.39 is 0 Å². The van der Waals surface area contributed by atoms with Gasteiger partial charge in [0, 0.05) is 6.54 Å². The van der Waals surface area contributed by atoms with Gasteiger partial charge in [-0.2, -0.15) is 0 Å². The molecule has 0 fully saturated rings. The Morgan fingerprint density at radius 2 is 1.55 bits per heavy atom. The van der Waals surface area contributed by atoms with Crippen LogP contribution in [0, 0.1) is 6.92 Å². The molecule has 3 aromatic carbocycles. The lowest BCUT2D eigenvalue weighted by molar-refractivity contribution is 0.278. The van der Waals surface area contributed by atoms with Gasteiger partial charge in [-0.05, 0) is 54.7 Å². The zero-order valence-electron chi connectivity index (χ0n) is 18.5. The van der Waals surface area contributed by atoms with Crippen LogP contribution >= 0.6 is 0 Å². The summed E-state index contributed by atoms with van der Waals surface area (Å²) in [6.45, 7) is 8.38. The predicted octanol–water partition coefficient (Wildman–Crippen LogP) is 6.52. The standard InChI is InChI=1S/C27H30N2O2/c1-20(2)22-12-5-9-16-26(22)30-18-10-17-29-24-14-7-6-13-23(24)28-27(29)19-31-25-15-8-4-11-21(25)3/h4-9,11-16,20H,10,17-19H2,1-3H3. The average Bonchev–Trinajstić information content (AvgIpc) is 3.14. The fourth-order valence-electron chi connectivity index (χ4n) is 3.84. The molecule has 160 valence electrons. The molecule has 4 heteroatoms. The molecule has 0 saturated heterocycles. The summed E-state index contributed by atoms with van der Waals surface area (Å²) in [5.41, 5.74) is 4.51. The second-order valence-corrected chi connectivity index (χ2v) is 8.12. The van der Waals surface area contributed by atoms with E-state index in [-0.39, 0.29) is 0 Å². The summed E-state index contributed by atoms with van der Waals surface area (Å²) in [6, 6.07) is 24.6. The lowest BCUT2D eigenvalue weighted by Gasteiger charge is -2.15. The van der Waals surface area contributed by atoms with Gasteiger partial charge in [-0.15, -0.1) is 0 Å². The van der Waals surface area contributed by atoms with E-state index in [4.69, 9.17) is 14.5 Å². The van der Waals surface area contributed by atoms with Crippen molar-refractivity contribution in [2.75, 3.05) is 6.61 Å². The zero-order chi connectivity index (χ0) is 21.6. The summed E-state index contributed by atoms with van der Waals surface area (Å²) in [7, 11) is 0. The fourth-order valence-corrected chi connectivity index (χ4v) is 3.84. The first-order valence-corrected chi connectivity index (χ1v) is 11.0. The highest BCUT2D eigenvalue weighted by atomic mass is 16.5. The molecule has 0 unspecified atom stereocenters. The minimum atomic E-state index is 0.441. The molecule has 4 aromatic rings. The molecule has 0 aliphatic heterocycles. The zero-order valence-corrected chi connectivity index (χ0v) is 18.5. The van der Waals surface area contributed by atoms with E-state index in [0.717, 1.165) is 46.9 Å². The number of fused-ring (bicyclic) bond motifs is 1. The van der Waals surface area contributed by atoms with Crippen LogP contribution in [0.3, 0.4) is 0 Å². The van der Waals surface area contributed by atoms with Gasteiger partial charge in [0.1, 0.15) is 23.9 Å². The van der Waals surface area contributed by atoms with Crippen LogP contribution in [0.15, 0.2) is 72.8 Å². The number of hydrogen-bond acceptors (Lipinski definition) is 3. The topological polar surface area (TPSA) is 36.3 Å². The van der Waals surface area contributed by atoms with Crippen LogP contribution in [0.2, 0.25) is 0 Å². The van der Waals surface area contributed by atoms with Crippen LogP contribution in [0.5, 0.6) is 11.5 Å². The van der Waals surface area contributed by atoms with E-state index in [1.165, 1.54) is 5.56 Å². The first kappa shape index (κ1) is 21.0. The van der Waals surface area contributed by atoms with E-state index in [9.17, 15) is 0 Å². The normalized spacial score (nSPS) is 11.2. The number of hydrogen-bond donors (Lipinski definition) is 0. The van der Waals surface area contributed by atoms with Gasteiger partial charge >= 0.3 is 0 Å². The van der Waals surface area contributed by atoms with E-state index in [0.29, 0.717) is 19.1 Å². The van der Waals surface area contributed by atoms with Crippen molar-refractivity contribution in [2.45, 2.75) is 46.3 Å². The Morgan fingerprint density at radius 1 is 0.839 bits per heavy atom. The Hall–Kier alpha value is -3.27. The molecule has 0 spiro atoms. The second kappa shape index (κ2) is 9.69. The van der Waals surface area contributed by atoms with E-state index in [1.54, 1.807) is 0 Å². The lowest BCUT2D eigenvalue weighted by Crippen LogP contribution is -2.11. The number of para-hydroxylation sites is 4. The number of aromatic nitrogens is 2. The van der Waals surface area contributed by atoms with Gasteiger partial charge in [0.25, 0.3) is 0 Å². The number of rotatable bonds is 9. The Labute approximate surface area is 184 Å². The van der Waals surface area contributed by atoms with Crippen LogP contribution in [0.1, 0.15) is 43.1 Å². The molecular weight excluding hydrogens is 384 g/mol. The molecule has 0 atom stereocenters. The lowest BCUT2D eigenvalue weighted by atomic mass is 10.0. The molecule has 1 aromatic heterocycles. The molecular formula is C27H30N2O2. The Kier molecular flexibility index (Phi) is 6.56. The molecule has 0 bridgehead atoms. The molecule has 31 heavy (non-hydrogen) atoms. The highest BCUT2D eigenvalue weighted by Gasteiger charge is 2.12. The highest BCUT2D eigenvalue weighted by molar-refractivity contribution is 5.75. The molecule has 0 aliphatic carbocycles. The van der Waals surface area contributed by atoms with Crippen molar-refractivity contribution < 1.29 is 9.47 Å². The van der Waals surface area contributed by atoms with Crippen molar-refractivity contribution in [3.63, 3.8) is 0 Å². The van der Waals surface area contributed by atoms with Crippen molar-refractivity contribution in [2.24, 2.45) is 0 Å². The van der Waals surface area contributed by atoms with Gasteiger partial charge in [-0.1, -0.05) is 62.4 Å². The maximum absolute atomic E-state index is 6.13. The van der Waals surface area contributed by atoms with Crippen molar-refractivity contribution in [1.29, 1.82) is 0 Å². The summed E-state index contributed by atoms with van der Waals surface area (Å²) in [6.07, 6.45) is 0.893. The van der Waals surface area contributed by atoms with Crippen LogP contribution < -0.4 is 9.47 Å². The molecule has 0 radical (unpaired) electrons. The monoisotopic (exact) mass is 414 g/mol. The smallest absolute Gasteiger partial charge is 0.148 e. The number of aryl methyl sites for hydroxylation is 2. The third kappa shape index (κ3) is 4.91. The van der Waals surface area contributed by atoms with Crippen LogP contribution in [0.4, 0.5) is 0 Å². The maximum Gasteiger partial charge on any atom is 0.148 e. The second-order valence-electron chi connectivity index (χ2n) is 8.12. The molecule has 4 rings (SSSR count). The summed E-state index contributed by atoms with van der Waals surface area (Å²) in [5.74, 6) is 3.26. The van der Waals surface area contributed by atoms with Gasteiger partial charge in [-0.3, -0.25) is 0 Å². The van der Waals surface area contributed by atoms with E-state index >= 15 is 0 Å². The Morgan fingerprint density at radius 3 is 2.35 bits per heavy atom. The van der Waals surface area contributed by atoms with Gasteiger partial charge in [0.2, 0.25) is 0 Å². The molecule has 0 N–H and O–H groups in total. The first-order valence-electron chi connectivity index (χ1n) is 11.0.